The van der Waals surface area contributed by atoms with Gasteiger partial charge in [-0.2, -0.15) is 18.2 Å². The SMILES string of the molecule is CSc1ccccc1Nc1cc(C(F)(F)F)nc(N[C@@H](C)CO)n1. The van der Waals surface area contributed by atoms with E-state index >= 15 is 0 Å². The Bertz CT molecular complexity index is 697. The number of para-hydroxylation sites is 1. The Morgan fingerprint density at radius 3 is 2.58 bits per heavy atom. The highest BCUT2D eigenvalue weighted by molar-refractivity contribution is 7.98. The Hall–Kier alpha value is -2.00. The van der Waals surface area contributed by atoms with Gasteiger partial charge in [-0.25, -0.2) is 4.98 Å². The Kier molecular flexibility index (Phi) is 5.89. The lowest BCUT2D eigenvalue weighted by molar-refractivity contribution is -0.141. The zero-order chi connectivity index (χ0) is 17.7. The van der Waals surface area contributed by atoms with Gasteiger partial charge in [-0.1, -0.05) is 12.1 Å². The van der Waals surface area contributed by atoms with Crippen LogP contribution in [0.4, 0.5) is 30.6 Å². The highest BCUT2D eigenvalue weighted by atomic mass is 32.2. The number of aliphatic hydroxyl groups is 1. The number of alkyl halides is 3. The van der Waals surface area contributed by atoms with Crippen LogP contribution in [-0.4, -0.2) is 34.0 Å². The molecule has 0 amide bonds. The molecular formula is C15H17F3N4OS. The number of hydrogen-bond donors (Lipinski definition) is 3. The van der Waals surface area contributed by atoms with E-state index in [9.17, 15) is 13.2 Å². The first-order valence-corrected chi connectivity index (χ1v) is 8.29. The molecule has 2 aromatic rings. The number of hydrogen-bond acceptors (Lipinski definition) is 6. The van der Waals surface area contributed by atoms with Gasteiger partial charge in [0.05, 0.1) is 12.3 Å². The molecule has 130 valence electrons. The second-order valence-corrected chi connectivity index (χ2v) is 5.86. The lowest BCUT2D eigenvalue weighted by atomic mass is 10.3. The Balaban J connectivity index is 2.39. The standard InChI is InChI=1S/C15H17F3N4OS/c1-9(8-23)19-14-21-12(15(16,17)18)7-13(22-14)20-10-5-3-4-6-11(10)24-2/h3-7,9,23H,8H2,1-2H3,(H2,19,20,21,22)/t9-/m0/s1. The van der Waals surface area contributed by atoms with Gasteiger partial charge in [0.2, 0.25) is 5.95 Å². The summed E-state index contributed by atoms with van der Waals surface area (Å²) in [6.45, 7) is 1.36. The summed E-state index contributed by atoms with van der Waals surface area (Å²) in [5, 5.41) is 14.6. The van der Waals surface area contributed by atoms with E-state index in [1.165, 1.54) is 11.8 Å². The summed E-state index contributed by atoms with van der Waals surface area (Å²) in [6, 6.07) is 7.61. The predicted octanol–water partition coefficient (Wildman–Crippen LogP) is 3.75. The van der Waals surface area contributed by atoms with Crippen molar-refractivity contribution in [2.45, 2.75) is 24.0 Å². The second-order valence-electron chi connectivity index (χ2n) is 5.01. The normalized spacial score (nSPS) is 12.8. The zero-order valence-electron chi connectivity index (χ0n) is 13.1. The molecule has 2 rings (SSSR count). The van der Waals surface area contributed by atoms with Crippen molar-refractivity contribution in [3.63, 3.8) is 0 Å². The number of thioether (sulfide) groups is 1. The van der Waals surface area contributed by atoms with Crippen LogP contribution in [-0.2, 0) is 6.18 Å². The van der Waals surface area contributed by atoms with Gasteiger partial charge in [-0.3, -0.25) is 0 Å². The average molecular weight is 358 g/mol. The molecule has 0 bridgehead atoms. The Morgan fingerprint density at radius 1 is 1.25 bits per heavy atom. The molecule has 0 unspecified atom stereocenters. The first-order chi connectivity index (χ1) is 11.3. The molecular weight excluding hydrogens is 341 g/mol. The monoisotopic (exact) mass is 358 g/mol. The fourth-order valence-electron chi connectivity index (χ4n) is 1.87. The van der Waals surface area contributed by atoms with Gasteiger partial charge in [0.1, 0.15) is 5.82 Å². The largest absolute Gasteiger partial charge is 0.433 e. The fourth-order valence-corrected chi connectivity index (χ4v) is 2.43. The van der Waals surface area contributed by atoms with Crippen LogP contribution in [0, 0.1) is 0 Å². The number of halogens is 3. The van der Waals surface area contributed by atoms with Crippen molar-refractivity contribution in [3.05, 3.63) is 36.0 Å². The van der Waals surface area contributed by atoms with Crippen molar-refractivity contribution in [2.24, 2.45) is 0 Å². The van der Waals surface area contributed by atoms with E-state index in [1.54, 1.807) is 19.1 Å². The first kappa shape index (κ1) is 18.3. The minimum Gasteiger partial charge on any atom is -0.394 e. The van der Waals surface area contributed by atoms with Gasteiger partial charge in [0.15, 0.2) is 5.69 Å². The maximum atomic E-state index is 13.1. The number of rotatable bonds is 6. The van der Waals surface area contributed by atoms with E-state index in [0.717, 1.165) is 11.0 Å². The van der Waals surface area contributed by atoms with E-state index in [1.807, 2.05) is 18.4 Å². The second kappa shape index (κ2) is 7.71. The summed E-state index contributed by atoms with van der Waals surface area (Å²) in [6.07, 6.45) is -2.73. The van der Waals surface area contributed by atoms with Crippen LogP contribution < -0.4 is 10.6 Å². The molecule has 1 heterocycles. The third-order valence-electron chi connectivity index (χ3n) is 3.04. The molecule has 0 radical (unpaired) electrons. The molecule has 24 heavy (non-hydrogen) atoms. The average Bonchev–Trinajstić information content (AvgIpc) is 2.54. The summed E-state index contributed by atoms with van der Waals surface area (Å²) >= 11 is 1.47. The third-order valence-corrected chi connectivity index (χ3v) is 3.83. The molecule has 0 aliphatic rings. The number of nitrogens with one attached hydrogen (secondary N) is 2. The first-order valence-electron chi connectivity index (χ1n) is 7.07. The quantitative estimate of drug-likeness (QED) is 0.683. The molecule has 0 spiro atoms. The molecule has 9 heteroatoms. The fraction of sp³-hybridized carbons (Fsp3) is 0.333. The van der Waals surface area contributed by atoms with Gasteiger partial charge in [0, 0.05) is 17.0 Å². The summed E-state index contributed by atoms with van der Waals surface area (Å²) in [5.41, 5.74) is -0.410. The molecule has 0 aliphatic carbocycles. The highest BCUT2D eigenvalue weighted by Crippen LogP contribution is 2.32. The summed E-state index contributed by atoms with van der Waals surface area (Å²) in [5.74, 6) is -0.179. The number of aromatic nitrogens is 2. The summed E-state index contributed by atoms with van der Waals surface area (Å²) in [4.78, 5) is 8.40. The van der Waals surface area contributed by atoms with Crippen LogP contribution in [0.15, 0.2) is 35.2 Å². The minimum atomic E-state index is -4.60. The number of anilines is 3. The van der Waals surface area contributed by atoms with E-state index in [2.05, 4.69) is 20.6 Å². The molecule has 1 aromatic heterocycles. The number of benzene rings is 1. The Morgan fingerprint density at radius 2 is 1.96 bits per heavy atom. The van der Waals surface area contributed by atoms with Crippen LogP contribution in [0.25, 0.3) is 0 Å². The van der Waals surface area contributed by atoms with Crippen molar-refractivity contribution < 1.29 is 18.3 Å². The zero-order valence-corrected chi connectivity index (χ0v) is 13.9. The number of nitrogens with zero attached hydrogens (tertiary/aromatic N) is 2. The van der Waals surface area contributed by atoms with Gasteiger partial charge >= 0.3 is 6.18 Å². The van der Waals surface area contributed by atoms with Crippen molar-refractivity contribution in [1.29, 1.82) is 0 Å². The summed E-state index contributed by atoms with van der Waals surface area (Å²) < 4.78 is 39.2. The third kappa shape index (κ3) is 4.75. The van der Waals surface area contributed by atoms with Crippen LogP contribution in [0.2, 0.25) is 0 Å². The van der Waals surface area contributed by atoms with E-state index in [0.29, 0.717) is 5.69 Å². The molecule has 3 N–H and O–H groups in total. The molecule has 1 atom stereocenters. The molecule has 0 fully saturated rings. The molecule has 0 aliphatic heterocycles. The Labute approximate surface area is 141 Å². The van der Waals surface area contributed by atoms with Gasteiger partial charge in [-0.05, 0) is 25.3 Å². The molecule has 0 saturated heterocycles. The van der Waals surface area contributed by atoms with Crippen molar-refractivity contribution in [2.75, 3.05) is 23.5 Å². The van der Waals surface area contributed by atoms with Crippen molar-refractivity contribution in [1.82, 2.24) is 9.97 Å². The van der Waals surface area contributed by atoms with Gasteiger partial charge in [0.25, 0.3) is 0 Å². The van der Waals surface area contributed by atoms with Crippen LogP contribution in [0.5, 0.6) is 0 Å². The maximum absolute atomic E-state index is 13.1. The van der Waals surface area contributed by atoms with Crippen LogP contribution in [0.1, 0.15) is 12.6 Å². The van der Waals surface area contributed by atoms with Crippen LogP contribution in [0.3, 0.4) is 0 Å². The smallest absolute Gasteiger partial charge is 0.394 e. The van der Waals surface area contributed by atoms with E-state index < -0.39 is 17.9 Å². The minimum absolute atomic E-state index is 0.0199. The molecule has 1 aromatic carbocycles. The van der Waals surface area contributed by atoms with E-state index in [-0.39, 0.29) is 18.4 Å². The highest BCUT2D eigenvalue weighted by Gasteiger charge is 2.34. The summed E-state index contributed by atoms with van der Waals surface area (Å²) in [7, 11) is 0. The lowest BCUT2D eigenvalue weighted by Crippen LogP contribution is -2.22. The van der Waals surface area contributed by atoms with Gasteiger partial charge < -0.3 is 15.7 Å². The van der Waals surface area contributed by atoms with Crippen molar-refractivity contribution >= 4 is 29.2 Å². The lowest BCUT2D eigenvalue weighted by Gasteiger charge is -2.16. The molecule has 5 nitrogen and oxygen atoms in total. The predicted molar refractivity (Wildman–Crippen MR) is 88.7 cm³/mol. The van der Waals surface area contributed by atoms with Crippen molar-refractivity contribution in [3.8, 4) is 0 Å². The topological polar surface area (TPSA) is 70.1 Å². The molecule has 0 saturated carbocycles. The van der Waals surface area contributed by atoms with Gasteiger partial charge in [-0.15, -0.1) is 11.8 Å². The number of aliphatic hydroxyl groups excluding tert-OH is 1. The maximum Gasteiger partial charge on any atom is 0.433 e. The van der Waals surface area contributed by atoms with Crippen LogP contribution >= 0.6 is 11.8 Å². The van der Waals surface area contributed by atoms with E-state index in [4.69, 9.17) is 5.11 Å².